The van der Waals surface area contributed by atoms with Crippen molar-refractivity contribution in [2.24, 2.45) is 5.41 Å². The van der Waals surface area contributed by atoms with Gasteiger partial charge in [-0.05, 0) is 33.1 Å². The van der Waals surface area contributed by atoms with Gasteiger partial charge in [-0.1, -0.05) is 36.3 Å². The summed E-state index contributed by atoms with van der Waals surface area (Å²) in [6, 6.07) is 0. The van der Waals surface area contributed by atoms with E-state index in [0.29, 0.717) is 18.6 Å². The molecular weight excluding hydrogens is 208 g/mol. The Balaban J connectivity index is 2.71. The molecule has 0 amide bonds. The highest BCUT2D eigenvalue weighted by Crippen LogP contribution is 2.38. The molecular formula is C16H24O. The predicted octanol–water partition coefficient (Wildman–Crippen LogP) is 4.60. The van der Waals surface area contributed by atoms with Crippen LogP contribution in [0.25, 0.3) is 0 Å². The van der Waals surface area contributed by atoms with Gasteiger partial charge < -0.3 is 0 Å². The first-order valence-electron chi connectivity index (χ1n) is 6.46. The van der Waals surface area contributed by atoms with Crippen LogP contribution in [0, 0.1) is 5.41 Å². The molecule has 0 bridgehead atoms. The summed E-state index contributed by atoms with van der Waals surface area (Å²) in [5, 5.41) is 0. The third-order valence-corrected chi connectivity index (χ3v) is 3.65. The van der Waals surface area contributed by atoms with E-state index in [9.17, 15) is 4.79 Å². The van der Waals surface area contributed by atoms with Crippen molar-refractivity contribution in [1.82, 2.24) is 0 Å². The first-order chi connectivity index (χ1) is 7.98. The highest BCUT2D eigenvalue weighted by Gasteiger charge is 2.26. The molecule has 0 saturated heterocycles. The van der Waals surface area contributed by atoms with E-state index in [1.165, 1.54) is 11.1 Å². The number of carbonyl (C=O) groups excluding carboxylic acids is 1. The van der Waals surface area contributed by atoms with Crippen LogP contribution in [0.2, 0.25) is 0 Å². The predicted molar refractivity (Wildman–Crippen MR) is 73.9 cm³/mol. The molecule has 0 aliphatic heterocycles. The Labute approximate surface area is 105 Å². The zero-order valence-electron chi connectivity index (χ0n) is 11.4. The minimum absolute atomic E-state index is 0.0622. The van der Waals surface area contributed by atoms with Crippen LogP contribution in [0.15, 0.2) is 36.0 Å². The molecule has 0 spiro atoms. The van der Waals surface area contributed by atoms with Gasteiger partial charge in [-0.3, -0.25) is 4.79 Å². The third kappa shape index (κ3) is 3.99. The van der Waals surface area contributed by atoms with Crippen molar-refractivity contribution in [1.29, 1.82) is 0 Å². The van der Waals surface area contributed by atoms with E-state index in [1.807, 2.05) is 6.08 Å². The molecule has 0 radical (unpaired) electrons. The molecule has 0 saturated carbocycles. The van der Waals surface area contributed by atoms with Crippen molar-refractivity contribution in [2.75, 3.05) is 0 Å². The molecule has 0 heterocycles. The Morgan fingerprint density at radius 2 is 2.18 bits per heavy atom. The molecule has 0 aromatic heterocycles. The lowest BCUT2D eigenvalue weighted by Gasteiger charge is -2.31. The highest BCUT2D eigenvalue weighted by atomic mass is 16.1. The Hall–Kier alpha value is -1.11. The second-order valence-electron chi connectivity index (χ2n) is 5.41. The summed E-state index contributed by atoms with van der Waals surface area (Å²) in [5.74, 6) is 0.365. The smallest absolute Gasteiger partial charge is 0.136 e. The zero-order chi connectivity index (χ0) is 12.9. The van der Waals surface area contributed by atoms with Crippen LogP contribution in [-0.2, 0) is 4.79 Å². The zero-order valence-corrected chi connectivity index (χ0v) is 11.4. The van der Waals surface area contributed by atoms with Crippen LogP contribution >= 0.6 is 0 Å². The molecule has 1 rings (SSSR count). The van der Waals surface area contributed by atoms with Crippen LogP contribution in [0.3, 0.4) is 0 Å². The Morgan fingerprint density at radius 1 is 1.47 bits per heavy atom. The average molecular weight is 232 g/mol. The maximum atomic E-state index is 11.2. The molecule has 1 unspecified atom stereocenters. The van der Waals surface area contributed by atoms with Crippen LogP contribution in [0.4, 0.5) is 0 Å². The lowest BCUT2D eigenvalue weighted by molar-refractivity contribution is -0.118. The largest absolute Gasteiger partial charge is 0.299 e. The molecule has 0 fully saturated rings. The van der Waals surface area contributed by atoms with Gasteiger partial charge in [0.2, 0.25) is 0 Å². The third-order valence-electron chi connectivity index (χ3n) is 3.65. The maximum Gasteiger partial charge on any atom is 0.136 e. The summed E-state index contributed by atoms with van der Waals surface area (Å²) in [5.41, 5.74) is 2.82. The van der Waals surface area contributed by atoms with E-state index in [0.717, 1.165) is 19.3 Å². The van der Waals surface area contributed by atoms with Crippen molar-refractivity contribution in [2.45, 2.75) is 52.9 Å². The van der Waals surface area contributed by atoms with E-state index < -0.39 is 0 Å². The van der Waals surface area contributed by atoms with Crippen molar-refractivity contribution < 1.29 is 4.79 Å². The van der Waals surface area contributed by atoms with Gasteiger partial charge >= 0.3 is 0 Å². The van der Waals surface area contributed by atoms with Gasteiger partial charge in [0.05, 0.1) is 0 Å². The number of allylic oxidation sites excluding steroid dienone is 5. The summed E-state index contributed by atoms with van der Waals surface area (Å²) in [4.78, 5) is 11.2. The van der Waals surface area contributed by atoms with E-state index in [1.54, 1.807) is 0 Å². The molecule has 0 aromatic carbocycles. The summed E-state index contributed by atoms with van der Waals surface area (Å²) in [7, 11) is 0. The van der Waals surface area contributed by atoms with E-state index >= 15 is 0 Å². The van der Waals surface area contributed by atoms with Gasteiger partial charge in [0.15, 0.2) is 0 Å². The van der Waals surface area contributed by atoms with Gasteiger partial charge in [0, 0.05) is 18.3 Å². The molecule has 0 aromatic rings. The van der Waals surface area contributed by atoms with Crippen LogP contribution in [0.1, 0.15) is 52.9 Å². The van der Waals surface area contributed by atoms with E-state index in [2.05, 4.69) is 39.5 Å². The van der Waals surface area contributed by atoms with Crippen LogP contribution < -0.4 is 0 Å². The number of carbonyl (C=O) groups is 1. The second kappa shape index (κ2) is 6.00. The fraction of sp³-hybridized carbons (Fsp3) is 0.562. The standard InChI is InChI=1S/C16H24O/c1-5-16(4,12-6-7-13(2)3)14-8-10-15(17)11-9-14/h5,7-8H,1,6,9-12H2,2-4H3. The Morgan fingerprint density at radius 3 is 2.65 bits per heavy atom. The molecule has 94 valence electrons. The van der Waals surface area contributed by atoms with Crippen molar-refractivity contribution in [3.63, 3.8) is 0 Å². The molecule has 1 heteroatoms. The van der Waals surface area contributed by atoms with Gasteiger partial charge in [-0.25, -0.2) is 0 Å². The topological polar surface area (TPSA) is 17.1 Å². The maximum absolute atomic E-state index is 11.2. The summed E-state index contributed by atoms with van der Waals surface area (Å²) in [6.45, 7) is 10.5. The van der Waals surface area contributed by atoms with Gasteiger partial charge in [-0.2, -0.15) is 0 Å². The minimum atomic E-state index is 0.0622. The second-order valence-corrected chi connectivity index (χ2v) is 5.41. The summed E-state index contributed by atoms with van der Waals surface area (Å²) < 4.78 is 0. The summed E-state index contributed by atoms with van der Waals surface area (Å²) in [6.07, 6.45) is 10.8. The van der Waals surface area contributed by atoms with Crippen molar-refractivity contribution >= 4 is 5.78 Å². The lowest BCUT2D eigenvalue weighted by atomic mass is 9.74. The van der Waals surface area contributed by atoms with E-state index in [-0.39, 0.29) is 5.41 Å². The molecule has 0 N–H and O–H groups in total. The van der Waals surface area contributed by atoms with Gasteiger partial charge in [-0.15, -0.1) is 6.58 Å². The lowest BCUT2D eigenvalue weighted by Crippen LogP contribution is -2.20. The van der Waals surface area contributed by atoms with Gasteiger partial charge in [0.25, 0.3) is 0 Å². The quantitative estimate of drug-likeness (QED) is 0.633. The first-order valence-corrected chi connectivity index (χ1v) is 6.46. The Bertz CT molecular complexity index is 356. The number of Topliss-reactive ketones (excluding diaryl/α,β-unsaturated/α-hetero) is 1. The SMILES string of the molecule is C=CC(C)(CCC=C(C)C)C1=CCC(=O)CC1. The Kier molecular flexibility index (Phi) is 4.92. The average Bonchev–Trinajstić information content (AvgIpc) is 2.29. The summed E-state index contributed by atoms with van der Waals surface area (Å²) >= 11 is 0. The molecule has 1 aliphatic rings. The monoisotopic (exact) mass is 232 g/mol. The van der Waals surface area contributed by atoms with Crippen LogP contribution in [-0.4, -0.2) is 5.78 Å². The fourth-order valence-corrected chi connectivity index (χ4v) is 2.29. The molecule has 17 heavy (non-hydrogen) atoms. The van der Waals surface area contributed by atoms with Crippen molar-refractivity contribution in [3.8, 4) is 0 Å². The number of hydrogen-bond donors (Lipinski definition) is 0. The molecule has 1 aliphatic carbocycles. The van der Waals surface area contributed by atoms with E-state index in [4.69, 9.17) is 0 Å². The normalized spacial score (nSPS) is 19.2. The number of rotatable bonds is 5. The highest BCUT2D eigenvalue weighted by molar-refractivity contribution is 5.81. The molecule has 1 atom stereocenters. The molecule has 1 nitrogen and oxygen atoms in total. The van der Waals surface area contributed by atoms with Gasteiger partial charge in [0.1, 0.15) is 5.78 Å². The van der Waals surface area contributed by atoms with Crippen molar-refractivity contribution in [3.05, 3.63) is 36.0 Å². The number of ketones is 1. The number of hydrogen-bond acceptors (Lipinski definition) is 1. The fourth-order valence-electron chi connectivity index (χ4n) is 2.29. The minimum Gasteiger partial charge on any atom is -0.299 e. The first kappa shape index (κ1) is 14.0. The van der Waals surface area contributed by atoms with Crippen LogP contribution in [0.5, 0.6) is 0 Å².